The molecule has 3 heterocycles. The smallest absolute Gasteiger partial charge is 0.246 e. The topological polar surface area (TPSA) is 115 Å². The maximum absolute atomic E-state index is 12.1. The number of sulfonamides is 1. The van der Waals surface area contributed by atoms with Crippen molar-refractivity contribution >= 4 is 27.3 Å². The summed E-state index contributed by atoms with van der Waals surface area (Å²) in [5.74, 6) is 0.123. The summed E-state index contributed by atoms with van der Waals surface area (Å²) in [6.07, 6.45) is -0.119. The van der Waals surface area contributed by atoms with E-state index in [1.165, 1.54) is 15.6 Å². The van der Waals surface area contributed by atoms with Gasteiger partial charge < -0.3 is 14.6 Å². The highest BCUT2D eigenvalue weighted by molar-refractivity contribution is 7.89. The number of hydrogen-bond acceptors (Lipinski definition) is 8. The predicted molar refractivity (Wildman–Crippen MR) is 90.3 cm³/mol. The minimum absolute atomic E-state index is 0.0643. The second-order valence-corrected chi connectivity index (χ2v) is 8.38. The molecule has 136 valence electrons. The summed E-state index contributed by atoms with van der Waals surface area (Å²) in [5.41, 5.74) is 0. The Bertz CT molecular complexity index is 797. The van der Waals surface area contributed by atoms with Crippen LogP contribution in [0.4, 0.5) is 0 Å². The van der Waals surface area contributed by atoms with E-state index in [1.54, 1.807) is 0 Å². The van der Waals surface area contributed by atoms with Crippen molar-refractivity contribution in [3.8, 4) is 10.7 Å². The number of aromatic nitrogens is 2. The fraction of sp³-hybridized carbons (Fsp3) is 0.500. The molecule has 0 saturated carbocycles. The zero-order valence-electron chi connectivity index (χ0n) is 13.4. The van der Waals surface area contributed by atoms with E-state index >= 15 is 0 Å². The van der Waals surface area contributed by atoms with E-state index in [0.29, 0.717) is 32.1 Å². The molecule has 0 spiro atoms. The molecule has 0 aliphatic carbocycles. The molecule has 1 fully saturated rings. The number of nitrogens with one attached hydrogen (secondary N) is 1. The Hall–Kier alpha value is -1.82. The van der Waals surface area contributed by atoms with Crippen molar-refractivity contribution in [1.29, 1.82) is 0 Å². The van der Waals surface area contributed by atoms with Gasteiger partial charge in [-0.25, -0.2) is 8.42 Å². The summed E-state index contributed by atoms with van der Waals surface area (Å²) in [6, 6.07) is 3.75. The third kappa shape index (κ3) is 4.84. The second kappa shape index (κ2) is 8.04. The summed E-state index contributed by atoms with van der Waals surface area (Å²) < 4.78 is 35.9. The maximum Gasteiger partial charge on any atom is 0.246 e. The molecule has 1 N–H and O–H groups in total. The molecule has 0 aromatic carbocycles. The Morgan fingerprint density at radius 3 is 2.88 bits per heavy atom. The van der Waals surface area contributed by atoms with Crippen LogP contribution in [0.2, 0.25) is 0 Å². The van der Waals surface area contributed by atoms with E-state index in [4.69, 9.17) is 9.26 Å². The Balaban J connectivity index is 1.45. The summed E-state index contributed by atoms with van der Waals surface area (Å²) in [4.78, 5) is 16.9. The Kier molecular flexibility index (Phi) is 5.78. The van der Waals surface area contributed by atoms with E-state index in [1.807, 2.05) is 17.5 Å². The molecule has 25 heavy (non-hydrogen) atoms. The molecule has 1 amide bonds. The maximum atomic E-state index is 12.1. The normalized spacial score (nSPS) is 16.0. The number of amides is 1. The minimum atomic E-state index is -3.44. The highest BCUT2D eigenvalue weighted by Crippen LogP contribution is 2.21. The summed E-state index contributed by atoms with van der Waals surface area (Å²) >= 11 is 1.49. The van der Waals surface area contributed by atoms with Gasteiger partial charge in [0.2, 0.25) is 27.6 Å². The van der Waals surface area contributed by atoms with Crippen LogP contribution in [-0.4, -0.2) is 60.8 Å². The van der Waals surface area contributed by atoms with E-state index < -0.39 is 10.0 Å². The second-order valence-electron chi connectivity index (χ2n) is 5.34. The lowest BCUT2D eigenvalue weighted by atomic mass is 10.4. The molecule has 0 radical (unpaired) electrons. The molecule has 1 aliphatic heterocycles. The largest absolute Gasteiger partial charge is 0.379 e. The monoisotopic (exact) mass is 386 g/mol. The third-order valence-corrected chi connectivity index (χ3v) is 6.33. The van der Waals surface area contributed by atoms with Gasteiger partial charge in [-0.05, 0) is 11.4 Å². The molecule has 0 atom stereocenters. The van der Waals surface area contributed by atoms with Crippen LogP contribution in [0.3, 0.4) is 0 Å². The Labute approximate surface area is 149 Å². The zero-order chi connectivity index (χ0) is 17.7. The lowest BCUT2D eigenvalue weighted by molar-refractivity contribution is -0.121. The number of rotatable bonds is 7. The van der Waals surface area contributed by atoms with Crippen molar-refractivity contribution in [2.75, 3.05) is 32.1 Å². The van der Waals surface area contributed by atoms with Gasteiger partial charge in [0.15, 0.2) is 0 Å². The van der Waals surface area contributed by atoms with Crippen LogP contribution in [0.5, 0.6) is 0 Å². The third-order valence-electron chi connectivity index (χ3n) is 3.60. The molecule has 0 bridgehead atoms. The molecular weight excluding hydrogens is 368 g/mol. The van der Waals surface area contributed by atoms with Crippen molar-refractivity contribution in [1.82, 2.24) is 19.8 Å². The highest BCUT2D eigenvalue weighted by Gasteiger charge is 2.24. The zero-order valence-corrected chi connectivity index (χ0v) is 15.0. The van der Waals surface area contributed by atoms with E-state index in [9.17, 15) is 13.2 Å². The Morgan fingerprint density at radius 1 is 1.36 bits per heavy atom. The first-order valence-electron chi connectivity index (χ1n) is 7.73. The summed E-state index contributed by atoms with van der Waals surface area (Å²) in [6.45, 7) is 1.49. The van der Waals surface area contributed by atoms with Gasteiger partial charge in [0, 0.05) is 19.5 Å². The first kappa shape index (κ1) is 18.0. The average molecular weight is 386 g/mol. The minimum Gasteiger partial charge on any atom is -0.379 e. The van der Waals surface area contributed by atoms with Crippen LogP contribution in [0.25, 0.3) is 10.7 Å². The lowest BCUT2D eigenvalue weighted by Gasteiger charge is -2.25. The first-order valence-corrected chi connectivity index (χ1v) is 10.2. The van der Waals surface area contributed by atoms with Gasteiger partial charge in [-0.1, -0.05) is 11.2 Å². The fourth-order valence-corrected chi connectivity index (χ4v) is 4.33. The molecule has 1 saturated heterocycles. The van der Waals surface area contributed by atoms with Gasteiger partial charge in [0.1, 0.15) is 0 Å². The highest BCUT2D eigenvalue weighted by atomic mass is 32.2. The van der Waals surface area contributed by atoms with Gasteiger partial charge in [-0.3, -0.25) is 4.79 Å². The van der Waals surface area contributed by atoms with Crippen LogP contribution >= 0.6 is 11.3 Å². The van der Waals surface area contributed by atoms with Crippen LogP contribution in [0.15, 0.2) is 22.0 Å². The molecule has 0 unspecified atom stereocenters. The molecular formula is C14H18N4O5S2. The fourth-order valence-electron chi connectivity index (χ4n) is 2.27. The molecule has 2 aromatic rings. The van der Waals surface area contributed by atoms with Crippen molar-refractivity contribution in [2.24, 2.45) is 0 Å². The van der Waals surface area contributed by atoms with Crippen LogP contribution in [0, 0.1) is 0 Å². The van der Waals surface area contributed by atoms with Crippen molar-refractivity contribution in [3.05, 3.63) is 23.4 Å². The SMILES string of the molecule is O=C(CCS(=O)(=O)N1CCOCC1)NCc1nc(-c2cccs2)no1. The number of hydrogen-bond donors (Lipinski definition) is 1. The Morgan fingerprint density at radius 2 is 2.16 bits per heavy atom. The molecule has 1 aliphatic rings. The number of nitrogens with zero attached hydrogens (tertiary/aromatic N) is 3. The molecule has 9 nitrogen and oxygen atoms in total. The first-order chi connectivity index (χ1) is 12.0. The van der Waals surface area contributed by atoms with Gasteiger partial charge in [0.05, 0.1) is 30.4 Å². The quantitative estimate of drug-likeness (QED) is 0.735. The average Bonchev–Trinajstić information content (AvgIpc) is 3.30. The van der Waals surface area contributed by atoms with Crippen LogP contribution in [0.1, 0.15) is 12.3 Å². The van der Waals surface area contributed by atoms with Gasteiger partial charge in [-0.2, -0.15) is 9.29 Å². The number of carbonyl (C=O) groups excluding carboxylic acids is 1. The number of ether oxygens (including phenoxy) is 1. The predicted octanol–water partition coefficient (Wildman–Crippen LogP) is 0.466. The van der Waals surface area contributed by atoms with Gasteiger partial charge in [0.25, 0.3) is 0 Å². The van der Waals surface area contributed by atoms with Crippen molar-refractivity contribution < 1.29 is 22.5 Å². The molecule has 11 heteroatoms. The van der Waals surface area contributed by atoms with Gasteiger partial charge in [-0.15, -0.1) is 11.3 Å². The number of morpholine rings is 1. The van der Waals surface area contributed by atoms with E-state index in [2.05, 4.69) is 15.5 Å². The van der Waals surface area contributed by atoms with Crippen molar-refractivity contribution in [2.45, 2.75) is 13.0 Å². The van der Waals surface area contributed by atoms with Gasteiger partial charge >= 0.3 is 0 Å². The van der Waals surface area contributed by atoms with Crippen LogP contribution in [-0.2, 0) is 26.1 Å². The number of carbonyl (C=O) groups is 1. The molecule has 3 rings (SSSR count). The number of thiophene rings is 1. The molecule has 2 aromatic heterocycles. The van der Waals surface area contributed by atoms with Crippen LogP contribution < -0.4 is 5.32 Å². The standard InChI is InChI=1S/C14H18N4O5S2/c19-12(3-9-25(20,21)18-4-6-22-7-5-18)15-10-13-16-14(17-23-13)11-2-1-8-24-11/h1-2,8H,3-7,9-10H2,(H,15,19). The van der Waals surface area contributed by atoms with E-state index in [-0.39, 0.29) is 30.5 Å². The summed E-state index contributed by atoms with van der Waals surface area (Å²) in [5, 5.41) is 8.34. The lowest BCUT2D eigenvalue weighted by Crippen LogP contribution is -2.42. The van der Waals surface area contributed by atoms with E-state index in [0.717, 1.165) is 4.88 Å². The summed E-state index contributed by atoms with van der Waals surface area (Å²) in [7, 11) is -3.44. The van der Waals surface area contributed by atoms with Crippen molar-refractivity contribution in [3.63, 3.8) is 0 Å².